The predicted octanol–water partition coefficient (Wildman–Crippen LogP) is 4.12. The molecule has 0 bridgehead atoms. The van der Waals surface area contributed by atoms with Gasteiger partial charge in [0.25, 0.3) is 10.0 Å². The van der Waals surface area contributed by atoms with Crippen molar-refractivity contribution in [1.82, 2.24) is 4.98 Å². The van der Waals surface area contributed by atoms with Gasteiger partial charge in [0.15, 0.2) is 0 Å². The molecule has 0 radical (unpaired) electrons. The Bertz CT molecular complexity index is 1150. The molecule has 0 aliphatic carbocycles. The standard InChI is InChI=1S/C18H21F2N3O4S.C2HF3O2/c1-3-7-23(8-4-2)17-14(18(24)25)10-13(11-21-17)22-28(26,27)16-9-12(19)5-6-15(16)20;3-2(4,5)1(6)7/h5-6,9-11,22H,3-4,7-8H2,1-2H3,(H,24,25);(H,6,7). The highest BCUT2D eigenvalue weighted by molar-refractivity contribution is 7.92. The molecule has 0 saturated heterocycles. The summed E-state index contributed by atoms with van der Waals surface area (Å²) in [5, 5.41) is 16.6. The first-order valence-corrected chi connectivity index (χ1v) is 11.4. The zero-order valence-corrected chi connectivity index (χ0v) is 19.3. The minimum atomic E-state index is -5.08. The molecule has 15 heteroatoms. The van der Waals surface area contributed by atoms with Crippen LogP contribution in [0, 0.1) is 11.6 Å². The van der Waals surface area contributed by atoms with Crippen molar-refractivity contribution in [1.29, 1.82) is 0 Å². The molecule has 1 aromatic carbocycles. The van der Waals surface area contributed by atoms with Crippen LogP contribution in [0.4, 0.5) is 33.5 Å². The number of carboxylic acid groups (broad SMARTS) is 2. The van der Waals surface area contributed by atoms with Crippen molar-refractivity contribution in [2.75, 3.05) is 22.7 Å². The summed E-state index contributed by atoms with van der Waals surface area (Å²) in [6, 6.07) is 3.14. The van der Waals surface area contributed by atoms with Gasteiger partial charge in [-0.25, -0.2) is 31.8 Å². The summed E-state index contributed by atoms with van der Waals surface area (Å²) in [6.07, 6.45) is -2.39. The number of nitrogens with one attached hydrogen (secondary N) is 1. The van der Waals surface area contributed by atoms with E-state index in [1.54, 1.807) is 4.90 Å². The van der Waals surface area contributed by atoms with Gasteiger partial charge in [-0.15, -0.1) is 0 Å². The fourth-order valence-corrected chi connectivity index (χ4v) is 3.80. The smallest absolute Gasteiger partial charge is 0.478 e. The number of anilines is 2. The molecule has 9 nitrogen and oxygen atoms in total. The molecule has 3 N–H and O–H groups in total. The third-order valence-electron chi connectivity index (χ3n) is 4.06. The molecule has 0 atom stereocenters. The van der Waals surface area contributed by atoms with Gasteiger partial charge >= 0.3 is 18.1 Å². The van der Waals surface area contributed by atoms with E-state index >= 15 is 0 Å². The van der Waals surface area contributed by atoms with Crippen LogP contribution in [0.3, 0.4) is 0 Å². The second-order valence-corrected chi connectivity index (χ2v) is 8.52. The second kappa shape index (κ2) is 12.3. The van der Waals surface area contributed by atoms with Crippen molar-refractivity contribution in [3.05, 3.63) is 47.7 Å². The van der Waals surface area contributed by atoms with E-state index in [4.69, 9.17) is 9.90 Å². The number of benzene rings is 1. The Morgan fingerprint density at radius 2 is 1.60 bits per heavy atom. The molecule has 2 aromatic rings. The van der Waals surface area contributed by atoms with Crippen molar-refractivity contribution in [2.24, 2.45) is 0 Å². The lowest BCUT2D eigenvalue weighted by molar-refractivity contribution is -0.192. The number of hydrogen-bond acceptors (Lipinski definition) is 6. The van der Waals surface area contributed by atoms with Crippen LogP contribution >= 0.6 is 0 Å². The quantitative estimate of drug-likeness (QED) is 0.415. The highest BCUT2D eigenvalue weighted by Crippen LogP contribution is 2.25. The normalized spacial score (nSPS) is 11.3. The van der Waals surface area contributed by atoms with Crippen LogP contribution in [-0.2, 0) is 14.8 Å². The van der Waals surface area contributed by atoms with Crippen LogP contribution in [-0.4, -0.2) is 54.8 Å². The molecule has 0 spiro atoms. The van der Waals surface area contributed by atoms with Crippen LogP contribution in [0.25, 0.3) is 0 Å². The Labute approximate surface area is 197 Å². The number of pyridine rings is 1. The average Bonchev–Trinajstić information content (AvgIpc) is 2.74. The van der Waals surface area contributed by atoms with E-state index in [-0.39, 0.29) is 17.1 Å². The van der Waals surface area contributed by atoms with Gasteiger partial charge < -0.3 is 15.1 Å². The van der Waals surface area contributed by atoms with Gasteiger partial charge in [-0.3, -0.25) is 4.72 Å². The molecular formula is C20H22F5N3O6S. The molecule has 0 fully saturated rings. The summed E-state index contributed by atoms with van der Waals surface area (Å²) >= 11 is 0. The lowest BCUT2D eigenvalue weighted by atomic mass is 10.2. The number of aromatic nitrogens is 1. The van der Waals surface area contributed by atoms with E-state index in [1.807, 2.05) is 18.6 Å². The highest BCUT2D eigenvalue weighted by Gasteiger charge is 2.38. The van der Waals surface area contributed by atoms with Gasteiger partial charge in [-0.05, 0) is 37.1 Å². The van der Waals surface area contributed by atoms with Gasteiger partial charge in [0, 0.05) is 13.1 Å². The minimum Gasteiger partial charge on any atom is -0.478 e. The second-order valence-electron chi connectivity index (χ2n) is 6.87. The molecule has 194 valence electrons. The number of halogens is 5. The van der Waals surface area contributed by atoms with E-state index in [0.29, 0.717) is 25.2 Å². The molecule has 35 heavy (non-hydrogen) atoms. The van der Waals surface area contributed by atoms with E-state index in [2.05, 4.69) is 4.98 Å². The van der Waals surface area contributed by atoms with E-state index in [1.165, 1.54) is 0 Å². The molecule has 0 amide bonds. The third-order valence-corrected chi connectivity index (χ3v) is 5.46. The maximum Gasteiger partial charge on any atom is 0.490 e. The molecule has 0 unspecified atom stereocenters. The topological polar surface area (TPSA) is 137 Å². The summed E-state index contributed by atoms with van der Waals surface area (Å²) in [6.45, 7) is 5.06. The summed E-state index contributed by atoms with van der Waals surface area (Å²) < 4.78 is 85.7. The van der Waals surface area contributed by atoms with E-state index < -0.39 is 44.7 Å². The zero-order valence-electron chi connectivity index (χ0n) is 18.4. The lowest BCUT2D eigenvalue weighted by Gasteiger charge is -2.24. The zero-order chi connectivity index (χ0) is 27.0. The van der Waals surface area contributed by atoms with Crippen LogP contribution < -0.4 is 9.62 Å². The number of carbonyl (C=O) groups is 2. The number of sulfonamides is 1. The summed E-state index contributed by atoms with van der Waals surface area (Å²) in [4.78, 5) is 25.6. The predicted molar refractivity (Wildman–Crippen MR) is 115 cm³/mol. The average molecular weight is 527 g/mol. The number of aromatic carboxylic acids is 1. The Balaban J connectivity index is 0.000000762. The van der Waals surface area contributed by atoms with E-state index in [9.17, 15) is 40.3 Å². The van der Waals surface area contributed by atoms with Crippen molar-refractivity contribution in [3.63, 3.8) is 0 Å². The summed E-state index contributed by atoms with van der Waals surface area (Å²) in [7, 11) is -4.47. The number of hydrogen-bond donors (Lipinski definition) is 3. The van der Waals surface area contributed by atoms with Gasteiger partial charge in [0.1, 0.15) is 27.9 Å². The maximum atomic E-state index is 13.8. The Morgan fingerprint density at radius 3 is 2.06 bits per heavy atom. The van der Waals surface area contributed by atoms with Crippen LogP contribution in [0.2, 0.25) is 0 Å². The highest BCUT2D eigenvalue weighted by atomic mass is 32.2. The first-order valence-electron chi connectivity index (χ1n) is 9.90. The molecular weight excluding hydrogens is 505 g/mol. The maximum absolute atomic E-state index is 13.8. The molecule has 1 aromatic heterocycles. The lowest BCUT2D eigenvalue weighted by Crippen LogP contribution is -2.28. The van der Waals surface area contributed by atoms with Gasteiger partial charge in [-0.2, -0.15) is 13.2 Å². The van der Waals surface area contributed by atoms with Crippen molar-refractivity contribution < 1.29 is 50.2 Å². The van der Waals surface area contributed by atoms with Crippen LogP contribution in [0.5, 0.6) is 0 Å². The van der Waals surface area contributed by atoms with Gasteiger partial charge in [0.05, 0.1) is 11.9 Å². The van der Waals surface area contributed by atoms with E-state index in [0.717, 1.165) is 31.2 Å². The first-order chi connectivity index (χ1) is 16.1. The van der Waals surface area contributed by atoms with Crippen molar-refractivity contribution >= 4 is 33.5 Å². The summed E-state index contributed by atoms with van der Waals surface area (Å²) in [5.74, 6) is -5.87. The number of carboxylic acids is 2. The number of nitrogens with zero attached hydrogens (tertiary/aromatic N) is 2. The van der Waals surface area contributed by atoms with Crippen molar-refractivity contribution in [2.45, 2.75) is 37.8 Å². The largest absolute Gasteiger partial charge is 0.490 e. The first kappa shape index (κ1) is 29.5. The number of alkyl halides is 3. The van der Waals surface area contributed by atoms with Crippen molar-refractivity contribution in [3.8, 4) is 0 Å². The minimum absolute atomic E-state index is 0.169. The number of rotatable bonds is 9. The summed E-state index contributed by atoms with van der Waals surface area (Å²) in [5.41, 5.74) is -0.362. The molecule has 1 heterocycles. The third kappa shape index (κ3) is 8.66. The monoisotopic (exact) mass is 527 g/mol. The molecule has 2 rings (SSSR count). The fourth-order valence-electron chi connectivity index (χ4n) is 2.68. The molecule has 0 aliphatic heterocycles. The van der Waals surface area contributed by atoms with Crippen LogP contribution in [0.1, 0.15) is 37.0 Å². The number of aliphatic carboxylic acids is 1. The Hall–Kier alpha value is -3.49. The fraction of sp³-hybridized carbons (Fsp3) is 0.350. The Morgan fingerprint density at radius 1 is 1.06 bits per heavy atom. The Kier molecular flexibility index (Phi) is 10.4. The molecule has 0 saturated carbocycles. The van der Waals surface area contributed by atoms with Gasteiger partial charge in [0.2, 0.25) is 0 Å². The van der Waals surface area contributed by atoms with Crippen LogP contribution in [0.15, 0.2) is 35.4 Å². The molecule has 0 aliphatic rings. The van der Waals surface area contributed by atoms with Gasteiger partial charge in [-0.1, -0.05) is 13.8 Å². The SMILES string of the molecule is CCCN(CCC)c1ncc(NS(=O)(=O)c2cc(F)ccc2F)cc1C(=O)O.O=C(O)C(F)(F)F.